The summed E-state index contributed by atoms with van der Waals surface area (Å²) in [5.74, 6) is -0.0215. The Morgan fingerprint density at radius 2 is 2.20 bits per heavy atom. The molecule has 3 rings (SSSR count). The van der Waals surface area contributed by atoms with Crippen molar-refractivity contribution in [2.75, 3.05) is 53.1 Å². The van der Waals surface area contributed by atoms with Gasteiger partial charge in [0.1, 0.15) is 6.54 Å². The number of aryl methyl sites for hydroxylation is 1. The quantitative estimate of drug-likeness (QED) is 0.707. The molecule has 0 aliphatic carbocycles. The number of nitrogens with zero attached hydrogens (tertiary/aromatic N) is 5. The van der Waals surface area contributed by atoms with Crippen molar-refractivity contribution in [2.24, 2.45) is 13.0 Å². The van der Waals surface area contributed by atoms with Gasteiger partial charge in [-0.2, -0.15) is 0 Å². The van der Waals surface area contributed by atoms with E-state index in [0.29, 0.717) is 19.8 Å². The first-order valence-corrected chi connectivity index (χ1v) is 8.79. The van der Waals surface area contributed by atoms with E-state index in [0.717, 1.165) is 25.3 Å². The number of likely N-dealkylation sites (tertiary alicyclic amines) is 1. The van der Waals surface area contributed by atoms with Gasteiger partial charge < -0.3 is 24.0 Å². The first-order valence-electron chi connectivity index (χ1n) is 8.79. The number of hydrogen-bond acceptors (Lipinski definition) is 5. The van der Waals surface area contributed by atoms with Gasteiger partial charge in [0.05, 0.1) is 31.2 Å². The van der Waals surface area contributed by atoms with Crippen LogP contribution in [0.25, 0.3) is 0 Å². The number of carbonyl (C=O) groups excluding carboxylic acids is 2. The van der Waals surface area contributed by atoms with Crippen LogP contribution in [0.2, 0.25) is 0 Å². The highest BCUT2D eigenvalue weighted by molar-refractivity contribution is 5.89. The minimum atomic E-state index is -0.148. The van der Waals surface area contributed by atoms with Crippen LogP contribution in [0.15, 0.2) is 12.5 Å². The highest BCUT2D eigenvalue weighted by Gasteiger charge is 2.43. The molecule has 1 aromatic rings. The minimum Gasteiger partial charge on any atom is -0.383 e. The highest BCUT2D eigenvalue weighted by atomic mass is 16.5. The van der Waals surface area contributed by atoms with Gasteiger partial charge in [-0.05, 0) is 6.54 Å². The summed E-state index contributed by atoms with van der Waals surface area (Å²) in [5.41, 5.74) is 0.957. The third-order valence-electron chi connectivity index (χ3n) is 5.16. The lowest BCUT2D eigenvalue weighted by Crippen LogP contribution is -2.39. The zero-order valence-electron chi connectivity index (χ0n) is 15.2. The number of imidazole rings is 1. The third-order valence-corrected chi connectivity index (χ3v) is 5.16. The van der Waals surface area contributed by atoms with Crippen molar-refractivity contribution in [3.63, 3.8) is 0 Å². The van der Waals surface area contributed by atoms with E-state index in [-0.39, 0.29) is 30.2 Å². The van der Waals surface area contributed by atoms with Gasteiger partial charge in [0.2, 0.25) is 11.8 Å². The van der Waals surface area contributed by atoms with Gasteiger partial charge in [-0.1, -0.05) is 6.92 Å². The molecule has 2 atom stereocenters. The van der Waals surface area contributed by atoms with Crippen LogP contribution in [-0.2, 0) is 21.4 Å². The molecule has 0 bridgehead atoms. The second-order valence-corrected chi connectivity index (χ2v) is 6.86. The van der Waals surface area contributed by atoms with Crippen LogP contribution in [0.3, 0.4) is 0 Å². The maximum Gasteiger partial charge on any atom is 0.243 e. The summed E-state index contributed by atoms with van der Waals surface area (Å²) in [4.78, 5) is 35.4. The van der Waals surface area contributed by atoms with Gasteiger partial charge in [0.15, 0.2) is 0 Å². The van der Waals surface area contributed by atoms with Crippen molar-refractivity contribution >= 4 is 11.8 Å². The Kier molecular flexibility index (Phi) is 5.39. The minimum absolute atomic E-state index is 0.00914. The Bertz CT molecular complexity index is 632. The Labute approximate surface area is 148 Å². The molecule has 2 fully saturated rings. The van der Waals surface area contributed by atoms with E-state index in [1.54, 1.807) is 23.2 Å². The van der Waals surface area contributed by atoms with Crippen molar-refractivity contribution in [3.05, 3.63) is 18.2 Å². The second kappa shape index (κ2) is 7.53. The van der Waals surface area contributed by atoms with Gasteiger partial charge in [-0.15, -0.1) is 0 Å². The maximum atomic E-state index is 13.1. The molecule has 0 unspecified atom stereocenters. The molecule has 2 amide bonds. The standard InChI is InChI=1S/C17H27N5O3/c1-4-20-7-13(15-9-19(2)11-18-15)14(8-20)17(24)22-10-16(23)21(12-22)5-6-25-3/h9,11,13-14H,4-8,10,12H2,1-3H3/t13-,14-/m1/s1. The van der Waals surface area contributed by atoms with Crippen LogP contribution in [-0.4, -0.2) is 89.2 Å². The number of aromatic nitrogens is 2. The van der Waals surface area contributed by atoms with Crippen LogP contribution in [0.1, 0.15) is 18.5 Å². The van der Waals surface area contributed by atoms with Crippen molar-refractivity contribution in [2.45, 2.75) is 12.8 Å². The summed E-state index contributed by atoms with van der Waals surface area (Å²) in [7, 11) is 3.55. The molecule has 0 N–H and O–H groups in total. The molecule has 0 aromatic carbocycles. The van der Waals surface area contributed by atoms with E-state index in [1.165, 1.54) is 0 Å². The molecule has 25 heavy (non-hydrogen) atoms. The first-order chi connectivity index (χ1) is 12.0. The maximum absolute atomic E-state index is 13.1. The van der Waals surface area contributed by atoms with Crippen LogP contribution >= 0.6 is 0 Å². The summed E-state index contributed by atoms with van der Waals surface area (Å²) in [6.45, 7) is 6.10. The molecule has 1 aromatic heterocycles. The third kappa shape index (κ3) is 3.69. The highest BCUT2D eigenvalue weighted by Crippen LogP contribution is 2.33. The topological polar surface area (TPSA) is 70.9 Å². The Hall–Kier alpha value is -1.93. The predicted molar refractivity (Wildman–Crippen MR) is 91.7 cm³/mol. The van der Waals surface area contributed by atoms with Crippen molar-refractivity contribution < 1.29 is 14.3 Å². The fraction of sp³-hybridized carbons (Fsp3) is 0.706. The predicted octanol–water partition coefficient (Wildman–Crippen LogP) is -0.270. The number of rotatable bonds is 6. The van der Waals surface area contributed by atoms with E-state index < -0.39 is 0 Å². The average Bonchev–Trinajstić information content (AvgIpc) is 3.30. The fourth-order valence-electron chi connectivity index (χ4n) is 3.70. The zero-order valence-corrected chi connectivity index (χ0v) is 15.2. The molecular formula is C17H27N5O3. The SMILES string of the molecule is CCN1C[C@@H](C(=O)N2CC(=O)N(CCOC)C2)[C@H](c2cn(C)cn2)C1. The van der Waals surface area contributed by atoms with E-state index in [9.17, 15) is 9.59 Å². The molecular weight excluding hydrogens is 322 g/mol. The van der Waals surface area contributed by atoms with Gasteiger partial charge in [0.25, 0.3) is 0 Å². The molecule has 2 saturated heterocycles. The fourth-order valence-corrected chi connectivity index (χ4v) is 3.70. The number of ether oxygens (including phenoxy) is 1. The molecule has 0 radical (unpaired) electrons. The van der Waals surface area contributed by atoms with Crippen LogP contribution in [0.4, 0.5) is 0 Å². The normalized spacial score (nSPS) is 24.5. The van der Waals surface area contributed by atoms with Crippen LogP contribution < -0.4 is 0 Å². The van der Waals surface area contributed by atoms with Gasteiger partial charge in [-0.3, -0.25) is 9.59 Å². The van der Waals surface area contributed by atoms with E-state index >= 15 is 0 Å². The molecule has 3 heterocycles. The Balaban J connectivity index is 1.72. The van der Waals surface area contributed by atoms with Crippen molar-refractivity contribution in [3.8, 4) is 0 Å². The number of hydrogen-bond donors (Lipinski definition) is 0. The summed E-state index contributed by atoms with van der Waals surface area (Å²) in [6.07, 6.45) is 3.77. The lowest BCUT2D eigenvalue weighted by atomic mass is 9.92. The molecule has 138 valence electrons. The van der Waals surface area contributed by atoms with Crippen LogP contribution in [0.5, 0.6) is 0 Å². The Morgan fingerprint density at radius 1 is 1.40 bits per heavy atom. The molecule has 0 spiro atoms. The smallest absolute Gasteiger partial charge is 0.243 e. The lowest BCUT2D eigenvalue weighted by molar-refractivity contribution is -0.135. The molecule has 8 nitrogen and oxygen atoms in total. The Morgan fingerprint density at radius 3 is 2.84 bits per heavy atom. The van der Waals surface area contributed by atoms with Gasteiger partial charge in [-0.25, -0.2) is 4.98 Å². The summed E-state index contributed by atoms with van der Waals surface area (Å²) in [5, 5.41) is 0. The van der Waals surface area contributed by atoms with Crippen LogP contribution in [0, 0.1) is 5.92 Å². The average molecular weight is 349 g/mol. The van der Waals surface area contributed by atoms with Gasteiger partial charge >= 0.3 is 0 Å². The summed E-state index contributed by atoms with van der Waals surface area (Å²) >= 11 is 0. The van der Waals surface area contributed by atoms with Gasteiger partial charge in [0, 0.05) is 45.9 Å². The summed E-state index contributed by atoms with van der Waals surface area (Å²) < 4.78 is 6.95. The molecule has 8 heteroatoms. The largest absolute Gasteiger partial charge is 0.383 e. The van der Waals surface area contributed by atoms with Crippen molar-refractivity contribution in [1.29, 1.82) is 0 Å². The number of amides is 2. The monoisotopic (exact) mass is 349 g/mol. The number of likely N-dealkylation sites (N-methyl/N-ethyl adjacent to an activating group) is 1. The van der Waals surface area contributed by atoms with E-state index in [4.69, 9.17) is 4.74 Å². The molecule has 2 aliphatic rings. The number of carbonyl (C=O) groups is 2. The second-order valence-electron chi connectivity index (χ2n) is 6.86. The first kappa shape index (κ1) is 17.9. The molecule has 2 aliphatic heterocycles. The van der Waals surface area contributed by atoms with Crippen molar-refractivity contribution in [1.82, 2.24) is 24.3 Å². The summed E-state index contributed by atoms with van der Waals surface area (Å²) in [6, 6.07) is 0. The number of methoxy groups -OCH3 is 1. The van der Waals surface area contributed by atoms with E-state index in [1.807, 2.05) is 17.8 Å². The lowest BCUT2D eigenvalue weighted by Gasteiger charge is -2.23. The molecule has 0 saturated carbocycles. The zero-order chi connectivity index (χ0) is 18.0. The van der Waals surface area contributed by atoms with E-state index in [2.05, 4.69) is 16.8 Å².